The summed E-state index contributed by atoms with van der Waals surface area (Å²) in [5.74, 6) is -0.210. The van der Waals surface area contributed by atoms with Crippen LogP contribution >= 0.6 is 0 Å². The third-order valence-electron chi connectivity index (χ3n) is 4.67. The number of anilines is 1. The molecule has 0 spiro atoms. The highest BCUT2D eigenvalue weighted by molar-refractivity contribution is 7.89. The van der Waals surface area contributed by atoms with Gasteiger partial charge < -0.3 is 19.5 Å². The van der Waals surface area contributed by atoms with Crippen LogP contribution in [0.3, 0.4) is 0 Å². The third-order valence-corrected chi connectivity index (χ3v) is 6.49. The molecule has 1 N–H and O–H groups in total. The zero-order chi connectivity index (χ0) is 22.4. The first kappa shape index (κ1) is 23.1. The fourth-order valence-corrected chi connectivity index (χ4v) is 4.93. The molecule has 0 saturated carbocycles. The standard InChI is InChI=1S/C21H27N3O6S/c1-15-13-24(14-16(2)30-15)31(26,27)18-7-4-6-17(12-18)20(25)23-19-8-5-9-22-21(19)29-11-10-28-3/h4-9,12,15-16H,10-11,13-14H2,1-3H3,(H,23,25). The Morgan fingerprint density at radius 2 is 1.94 bits per heavy atom. The van der Waals surface area contributed by atoms with Gasteiger partial charge >= 0.3 is 0 Å². The topological polar surface area (TPSA) is 107 Å². The summed E-state index contributed by atoms with van der Waals surface area (Å²) in [5.41, 5.74) is 0.592. The highest BCUT2D eigenvalue weighted by atomic mass is 32.2. The van der Waals surface area contributed by atoms with Gasteiger partial charge in [0.25, 0.3) is 5.91 Å². The van der Waals surface area contributed by atoms with E-state index in [1.807, 2.05) is 13.8 Å². The molecule has 1 aromatic heterocycles. The minimum absolute atomic E-state index is 0.0594. The minimum atomic E-state index is -3.76. The molecule has 2 heterocycles. The van der Waals surface area contributed by atoms with E-state index in [-0.39, 0.29) is 48.2 Å². The summed E-state index contributed by atoms with van der Waals surface area (Å²) in [6, 6.07) is 9.29. The molecule has 1 aromatic carbocycles. The number of rotatable bonds is 8. The Bertz CT molecular complexity index is 1000. The van der Waals surface area contributed by atoms with Crippen molar-refractivity contribution in [2.24, 2.45) is 0 Å². The van der Waals surface area contributed by atoms with E-state index >= 15 is 0 Å². The van der Waals surface area contributed by atoms with Gasteiger partial charge in [0.05, 0.1) is 23.7 Å². The predicted octanol–water partition coefficient (Wildman–Crippen LogP) is 2.16. The maximum atomic E-state index is 13.1. The van der Waals surface area contributed by atoms with Crippen molar-refractivity contribution in [1.82, 2.24) is 9.29 Å². The normalized spacial score (nSPS) is 19.7. The zero-order valence-corrected chi connectivity index (χ0v) is 18.6. The Morgan fingerprint density at radius 3 is 2.65 bits per heavy atom. The van der Waals surface area contributed by atoms with Crippen LogP contribution < -0.4 is 10.1 Å². The second kappa shape index (κ2) is 10.2. The summed E-state index contributed by atoms with van der Waals surface area (Å²) >= 11 is 0. The number of ether oxygens (including phenoxy) is 3. The van der Waals surface area contributed by atoms with Crippen LogP contribution in [-0.4, -0.2) is 69.2 Å². The number of aromatic nitrogens is 1. The maximum absolute atomic E-state index is 13.1. The molecule has 3 rings (SSSR count). The Kier molecular flexibility index (Phi) is 7.60. The largest absolute Gasteiger partial charge is 0.474 e. The van der Waals surface area contributed by atoms with Gasteiger partial charge in [-0.05, 0) is 44.2 Å². The van der Waals surface area contributed by atoms with E-state index in [1.165, 1.54) is 16.4 Å². The molecule has 2 aromatic rings. The number of nitrogens with zero attached hydrogens (tertiary/aromatic N) is 2. The van der Waals surface area contributed by atoms with E-state index in [1.54, 1.807) is 37.6 Å². The average Bonchev–Trinajstić information content (AvgIpc) is 2.74. The molecule has 0 bridgehead atoms. The van der Waals surface area contributed by atoms with Crippen molar-refractivity contribution < 1.29 is 27.4 Å². The number of morpholine rings is 1. The quantitative estimate of drug-likeness (QED) is 0.616. The van der Waals surface area contributed by atoms with Crippen molar-refractivity contribution in [2.75, 3.05) is 38.7 Å². The first-order valence-corrected chi connectivity index (χ1v) is 11.4. The molecule has 1 saturated heterocycles. The molecule has 0 radical (unpaired) electrons. The van der Waals surface area contributed by atoms with Gasteiger partial charge in [0, 0.05) is 32.0 Å². The van der Waals surface area contributed by atoms with E-state index < -0.39 is 15.9 Å². The van der Waals surface area contributed by atoms with Crippen molar-refractivity contribution in [3.8, 4) is 5.88 Å². The summed E-state index contributed by atoms with van der Waals surface area (Å²) < 4.78 is 43.7. The van der Waals surface area contributed by atoms with E-state index in [2.05, 4.69) is 10.3 Å². The van der Waals surface area contributed by atoms with Gasteiger partial charge in [-0.15, -0.1) is 0 Å². The molecule has 1 fully saturated rings. The molecule has 168 valence electrons. The molecular weight excluding hydrogens is 422 g/mol. The number of nitrogens with one attached hydrogen (secondary N) is 1. The summed E-state index contributed by atoms with van der Waals surface area (Å²) in [6.45, 7) is 4.86. The lowest BCUT2D eigenvalue weighted by Gasteiger charge is -2.34. The predicted molar refractivity (Wildman–Crippen MR) is 115 cm³/mol. The van der Waals surface area contributed by atoms with E-state index in [4.69, 9.17) is 14.2 Å². The van der Waals surface area contributed by atoms with E-state index in [0.29, 0.717) is 12.3 Å². The van der Waals surface area contributed by atoms with Gasteiger partial charge in [-0.25, -0.2) is 13.4 Å². The smallest absolute Gasteiger partial charge is 0.255 e. The van der Waals surface area contributed by atoms with Crippen LogP contribution in [-0.2, 0) is 19.5 Å². The number of sulfonamides is 1. The molecule has 1 aliphatic rings. The molecule has 9 nitrogen and oxygen atoms in total. The molecule has 31 heavy (non-hydrogen) atoms. The minimum Gasteiger partial charge on any atom is -0.474 e. The first-order chi connectivity index (χ1) is 14.8. The van der Waals surface area contributed by atoms with Crippen LogP contribution in [0, 0.1) is 0 Å². The third kappa shape index (κ3) is 5.79. The first-order valence-electron chi connectivity index (χ1n) is 9.95. The van der Waals surface area contributed by atoms with Gasteiger partial charge in [0.15, 0.2) is 0 Å². The lowest BCUT2D eigenvalue weighted by atomic mass is 10.2. The van der Waals surface area contributed by atoms with Crippen LogP contribution in [0.4, 0.5) is 5.69 Å². The lowest BCUT2D eigenvalue weighted by molar-refractivity contribution is -0.0440. The second-order valence-electron chi connectivity index (χ2n) is 7.26. The fourth-order valence-electron chi connectivity index (χ4n) is 3.29. The maximum Gasteiger partial charge on any atom is 0.255 e. The van der Waals surface area contributed by atoms with Crippen LogP contribution in [0.2, 0.25) is 0 Å². The van der Waals surface area contributed by atoms with Crippen LogP contribution in [0.5, 0.6) is 5.88 Å². The number of carbonyl (C=O) groups excluding carboxylic acids is 1. The number of hydrogen-bond donors (Lipinski definition) is 1. The highest BCUT2D eigenvalue weighted by Crippen LogP contribution is 2.24. The van der Waals surface area contributed by atoms with Gasteiger partial charge in [0.1, 0.15) is 12.3 Å². The highest BCUT2D eigenvalue weighted by Gasteiger charge is 2.32. The van der Waals surface area contributed by atoms with Gasteiger partial charge in [-0.3, -0.25) is 4.79 Å². The van der Waals surface area contributed by atoms with Crippen molar-refractivity contribution in [1.29, 1.82) is 0 Å². The Morgan fingerprint density at radius 1 is 1.19 bits per heavy atom. The van der Waals surface area contributed by atoms with Crippen molar-refractivity contribution in [3.63, 3.8) is 0 Å². The average molecular weight is 450 g/mol. The molecular formula is C21H27N3O6S. The van der Waals surface area contributed by atoms with Gasteiger partial charge in [-0.1, -0.05) is 6.07 Å². The molecule has 1 aliphatic heterocycles. The van der Waals surface area contributed by atoms with Crippen LogP contribution in [0.1, 0.15) is 24.2 Å². The molecule has 0 aliphatic carbocycles. The SMILES string of the molecule is COCCOc1ncccc1NC(=O)c1cccc(S(=O)(=O)N2CC(C)OC(C)C2)c1. The van der Waals surface area contributed by atoms with E-state index in [0.717, 1.165) is 0 Å². The number of carbonyl (C=O) groups is 1. The fraction of sp³-hybridized carbons (Fsp3) is 0.429. The summed E-state index contributed by atoms with van der Waals surface area (Å²) in [5, 5.41) is 2.73. The molecule has 2 unspecified atom stereocenters. The van der Waals surface area contributed by atoms with Crippen molar-refractivity contribution in [2.45, 2.75) is 31.0 Å². The Labute approximate surface area is 182 Å². The monoisotopic (exact) mass is 449 g/mol. The molecule has 1 amide bonds. The van der Waals surface area contributed by atoms with Crippen LogP contribution in [0.25, 0.3) is 0 Å². The number of amides is 1. The van der Waals surface area contributed by atoms with Crippen molar-refractivity contribution in [3.05, 3.63) is 48.2 Å². The number of methoxy groups -OCH3 is 1. The summed E-state index contributed by atoms with van der Waals surface area (Å²) in [7, 11) is -2.20. The zero-order valence-electron chi connectivity index (χ0n) is 17.8. The van der Waals surface area contributed by atoms with E-state index in [9.17, 15) is 13.2 Å². The van der Waals surface area contributed by atoms with Crippen molar-refractivity contribution >= 4 is 21.6 Å². The van der Waals surface area contributed by atoms with Crippen LogP contribution in [0.15, 0.2) is 47.5 Å². The number of pyridine rings is 1. The Hall–Kier alpha value is -2.53. The molecule has 10 heteroatoms. The summed E-state index contributed by atoms with van der Waals surface area (Å²) in [6.07, 6.45) is 1.15. The van der Waals surface area contributed by atoms with Gasteiger partial charge in [0.2, 0.25) is 15.9 Å². The Balaban J connectivity index is 1.78. The number of benzene rings is 1. The van der Waals surface area contributed by atoms with Gasteiger partial charge in [-0.2, -0.15) is 4.31 Å². The molecule has 2 atom stereocenters. The lowest BCUT2D eigenvalue weighted by Crippen LogP contribution is -2.48. The second-order valence-corrected chi connectivity index (χ2v) is 9.20. The number of hydrogen-bond acceptors (Lipinski definition) is 7. The summed E-state index contributed by atoms with van der Waals surface area (Å²) in [4.78, 5) is 17.0.